The van der Waals surface area contributed by atoms with Crippen LogP contribution in [0.25, 0.3) is 0 Å². The van der Waals surface area contributed by atoms with Gasteiger partial charge in [0, 0.05) is 31.1 Å². The molecule has 0 bridgehead atoms. The lowest BCUT2D eigenvalue weighted by molar-refractivity contribution is -0.131. The Morgan fingerprint density at radius 1 is 1.11 bits per heavy atom. The number of carbonyl (C=O) groups is 1. The summed E-state index contributed by atoms with van der Waals surface area (Å²) in [6.45, 7) is 1.17. The van der Waals surface area contributed by atoms with Crippen LogP contribution in [-0.4, -0.2) is 80.1 Å². The van der Waals surface area contributed by atoms with Gasteiger partial charge in [0.1, 0.15) is 0 Å². The maximum atomic E-state index is 12.8. The third kappa shape index (κ3) is 3.76. The van der Waals surface area contributed by atoms with E-state index in [0.29, 0.717) is 19.5 Å². The van der Waals surface area contributed by atoms with E-state index in [1.54, 1.807) is 16.7 Å². The molecule has 1 aromatic carbocycles. The molecule has 2 unspecified atom stereocenters. The Morgan fingerprint density at radius 3 is 2.44 bits per heavy atom. The van der Waals surface area contributed by atoms with Crippen LogP contribution < -0.4 is 0 Å². The first-order valence-electron chi connectivity index (χ1n) is 8.99. The summed E-state index contributed by atoms with van der Waals surface area (Å²) in [6, 6.07) is 7.99. The fourth-order valence-corrected chi connectivity index (χ4v) is 9.68. The molecule has 1 aromatic rings. The fraction of sp³-hybridized carbons (Fsp3) is 0.588. The zero-order chi connectivity index (χ0) is 19.2. The molecule has 3 heterocycles. The predicted octanol–water partition coefficient (Wildman–Crippen LogP) is 0.365. The molecule has 0 aromatic heterocycles. The minimum atomic E-state index is -3.63. The highest BCUT2D eigenvalue weighted by atomic mass is 32.2. The van der Waals surface area contributed by atoms with E-state index >= 15 is 0 Å². The Balaban J connectivity index is 1.36. The predicted molar refractivity (Wildman–Crippen MR) is 104 cm³/mol. The van der Waals surface area contributed by atoms with Crippen molar-refractivity contribution in [3.63, 3.8) is 0 Å². The van der Waals surface area contributed by atoms with Crippen molar-refractivity contribution in [2.45, 2.75) is 28.2 Å². The van der Waals surface area contributed by atoms with Crippen LogP contribution in [0.5, 0.6) is 0 Å². The highest BCUT2D eigenvalue weighted by molar-refractivity contribution is 8.01. The molecule has 7 nitrogen and oxygen atoms in total. The van der Waals surface area contributed by atoms with Crippen LogP contribution in [0.15, 0.2) is 29.2 Å². The van der Waals surface area contributed by atoms with Gasteiger partial charge in [0.2, 0.25) is 15.9 Å². The van der Waals surface area contributed by atoms with Gasteiger partial charge in [-0.15, -0.1) is 11.8 Å². The molecule has 0 radical (unpaired) electrons. The normalized spacial score (nSPS) is 28.2. The van der Waals surface area contributed by atoms with Crippen molar-refractivity contribution in [1.82, 2.24) is 9.21 Å². The Kier molecular flexibility index (Phi) is 5.02. The molecule has 3 aliphatic heterocycles. The van der Waals surface area contributed by atoms with Gasteiger partial charge in [0.15, 0.2) is 9.84 Å². The first kappa shape index (κ1) is 19.2. The van der Waals surface area contributed by atoms with Crippen molar-refractivity contribution in [2.24, 2.45) is 0 Å². The summed E-state index contributed by atoms with van der Waals surface area (Å²) < 4.78 is 50.0. The summed E-state index contributed by atoms with van der Waals surface area (Å²) in [5, 5.41) is -0.991. The second-order valence-electron chi connectivity index (χ2n) is 7.21. The second-order valence-corrected chi connectivity index (χ2v) is 12.9. The van der Waals surface area contributed by atoms with Crippen LogP contribution in [0, 0.1) is 0 Å². The van der Waals surface area contributed by atoms with Crippen molar-refractivity contribution in [3.05, 3.63) is 29.8 Å². The van der Waals surface area contributed by atoms with Gasteiger partial charge in [0.05, 0.1) is 22.0 Å². The number of carbonyl (C=O) groups excluding carboxylic acids is 1. The summed E-state index contributed by atoms with van der Waals surface area (Å²) in [5.74, 6) is -0.294. The van der Waals surface area contributed by atoms with Crippen LogP contribution in [0.4, 0.5) is 0 Å². The summed E-state index contributed by atoms with van der Waals surface area (Å²) >= 11 is 1.57. The molecule has 10 heteroatoms. The Morgan fingerprint density at radius 2 is 1.81 bits per heavy atom. The van der Waals surface area contributed by atoms with Gasteiger partial charge >= 0.3 is 0 Å². The van der Waals surface area contributed by atoms with E-state index in [4.69, 9.17) is 0 Å². The monoisotopic (exact) mass is 430 g/mol. The number of nitrogens with zero attached hydrogens (tertiary/aromatic N) is 2. The molecular weight excluding hydrogens is 408 g/mol. The zero-order valence-corrected chi connectivity index (χ0v) is 17.2. The first-order valence-corrected chi connectivity index (χ1v) is 13.2. The Labute approximate surface area is 164 Å². The molecule has 27 heavy (non-hydrogen) atoms. The number of sulfone groups is 1. The van der Waals surface area contributed by atoms with E-state index in [2.05, 4.69) is 0 Å². The van der Waals surface area contributed by atoms with Crippen LogP contribution in [-0.2, 0) is 31.1 Å². The molecule has 4 rings (SSSR count). The number of benzene rings is 1. The number of rotatable bonds is 3. The Hall–Kier alpha value is -1.10. The molecule has 2 fully saturated rings. The van der Waals surface area contributed by atoms with E-state index in [9.17, 15) is 21.6 Å². The topological polar surface area (TPSA) is 91.8 Å². The van der Waals surface area contributed by atoms with Gasteiger partial charge < -0.3 is 4.90 Å². The molecule has 2 atom stereocenters. The summed E-state index contributed by atoms with van der Waals surface area (Å²) in [7, 11) is -6.89. The van der Waals surface area contributed by atoms with E-state index in [-0.39, 0.29) is 42.2 Å². The van der Waals surface area contributed by atoms with E-state index in [1.807, 2.05) is 24.3 Å². The quantitative estimate of drug-likeness (QED) is 0.688. The molecule has 2 saturated heterocycles. The van der Waals surface area contributed by atoms with E-state index < -0.39 is 25.1 Å². The smallest absolute Gasteiger partial charge is 0.236 e. The third-order valence-corrected chi connectivity index (χ3v) is 11.1. The molecule has 0 saturated carbocycles. The minimum absolute atomic E-state index is 0.0525. The number of piperazine rings is 1. The van der Waals surface area contributed by atoms with Crippen LogP contribution in [0.3, 0.4) is 0 Å². The van der Waals surface area contributed by atoms with Gasteiger partial charge in [-0.1, -0.05) is 18.2 Å². The van der Waals surface area contributed by atoms with Crippen LogP contribution >= 0.6 is 11.8 Å². The van der Waals surface area contributed by atoms with E-state index in [1.165, 1.54) is 9.87 Å². The van der Waals surface area contributed by atoms with Gasteiger partial charge in [-0.25, -0.2) is 16.8 Å². The molecular formula is C17H22N2O5S3. The van der Waals surface area contributed by atoms with Gasteiger partial charge in [0.25, 0.3) is 0 Å². The second kappa shape index (κ2) is 7.06. The number of hydrogen-bond acceptors (Lipinski definition) is 6. The van der Waals surface area contributed by atoms with Crippen molar-refractivity contribution >= 4 is 37.5 Å². The number of hydrogen-bond donors (Lipinski definition) is 0. The zero-order valence-electron chi connectivity index (χ0n) is 14.8. The number of fused-ring (bicyclic) bond motifs is 1. The largest absolute Gasteiger partial charge is 0.339 e. The van der Waals surface area contributed by atoms with Crippen molar-refractivity contribution in [2.75, 3.05) is 37.7 Å². The van der Waals surface area contributed by atoms with Gasteiger partial charge in [-0.2, -0.15) is 4.31 Å². The highest BCUT2D eigenvalue weighted by Gasteiger charge is 2.42. The van der Waals surface area contributed by atoms with Crippen LogP contribution in [0.1, 0.15) is 12.0 Å². The molecule has 148 valence electrons. The van der Waals surface area contributed by atoms with Crippen molar-refractivity contribution in [3.8, 4) is 0 Å². The lowest BCUT2D eigenvalue weighted by Gasteiger charge is -2.36. The summed E-state index contributed by atoms with van der Waals surface area (Å²) in [5.41, 5.74) is 1.18. The third-order valence-electron chi connectivity index (χ3n) is 5.44. The standard InChI is InChI=1S/C17H22N2O5S3/c20-17(16-11-13-3-1-2-4-15(13)25-16)18-6-8-19(9-7-18)27(23,24)14-5-10-26(21,22)12-14/h1-4,14,16H,5-12H2. The Bertz CT molecular complexity index is 928. The maximum absolute atomic E-state index is 12.8. The molecule has 0 spiro atoms. The summed E-state index contributed by atoms with van der Waals surface area (Å²) in [4.78, 5) is 15.7. The molecule has 3 aliphatic rings. The van der Waals surface area contributed by atoms with Gasteiger partial charge in [-0.05, 0) is 24.5 Å². The lowest BCUT2D eigenvalue weighted by Crippen LogP contribution is -2.54. The highest BCUT2D eigenvalue weighted by Crippen LogP contribution is 2.37. The van der Waals surface area contributed by atoms with Crippen LogP contribution in [0.2, 0.25) is 0 Å². The fourth-order valence-electron chi connectivity index (χ4n) is 3.89. The maximum Gasteiger partial charge on any atom is 0.236 e. The van der Waals surface area contributed by atoms with E-state index in [0.717, 1.165) is 4.90 Å². The van der Waals surface area contributed by atoms with Crippen molar-refractivity contribution in [1.29, 1.82) is 0 Å². The number of amides is 1. The number of sulfonamides is 1. The first-order chi connectivity index (χ1) is 12.8. The lowest BCUT2D eigenvalue weighted by atomic mass is 10.1. The average molecular weight is 431 g/mol. The summed E-state index contributed by atoms with van der Waals surface area (Å²) in [6.07, 6.45) is 0.874. The molecule has 0 N–H and O–H groups in total. The average Bonchev–Trinajstić information content (AvgIpc) is 3.24. The van der Waals surface area contributed by atoms with Crippen molar-refractivity contribution < 1.29 is 21.6 Å². The number of thioether (sulfide) groups is 1. The minimum Gasteiger partial charge on any atom is -0.339 e. The molecule has 0 aliphatic carbocycles. The molecule has 1 amide bonds. The SMILES string of the molecule is O=C(C1Cc2ccccc2S1)N1CCN(S(=O)(=O)C2CCS(=O)(=O)C2)CC1. The van der Waals surface area contributed by atoms with Gasteiger partial charge in [-0.3, -0.25) is 4.79 Å².